The number of aromatic nitrogens is 1. The van der Waals surface area contributed by atoms with E-state index in [-0.39, 0.29) is 5.82 Å². The van der Waals surface area contributed by atoms with E-state index >= 15 is 0 Å². The molecule has 11 heavy (non-hydrogen) atoms. The molecule has 0 bridgehead atoms. The Morgan fingerprint density at radius 2 is 2.45 bits per heavy atom. The summed E-state index contributed by atoms with van der Waals surface area (Å²) >= 11 is 3.19. The number of alkyl halides is 1. The lowest BCUT2D eigenvalue weighted by Gasteiger charge is -1.92. The van der Waals surface area contributed by atoms with Crippen molar-refractivity contribution >= 4 is 22.0 Å². The van der Waals surface area contributed by atoms with E-state index in [9.17, 15) is 4.39 Å². The molecule has 1 aromatic heterocycles. The topological polar surface area (TPSA) is 12.9 Å². The highest BCUT2D eigenvalue weighted by Gasteiger charge is 1.94. The molecule has 1 heterocycles. The van der Waals surface area contributed by atoms with Gasteiger partial charge in [0.15, 0.2) is 0 Å². The molecule has 3 heteroatoms. The molecule has 0 N–H and O–H groups in total. The second-order valence-electron chi connectivity index (χ2n) is 1.93. The minimum absolute atomic E-state index is 0.287. The molecular weight excluding hydrogens is 209 g/mol. The van der Waals surface area contributed by atoms with Crippen LogP contribution >= 0.6 is 15.9 Å². The molecule has 0 aliphatic carbocycles. The van der Waals surface area contributed by atoms with Crippen LogP contribution in [-0.4, -0.2) is 10.3 Å². The van der Waals surface area contributed by atoms with Crippen molar-refractivity contribution < 1.29 is 4.39 Å². The predicted octanol–water partition coefficient (Wildman–Crippen LogP) is 2.63. The van der Waals surface area contributed by atoms with E-state index in [4.69, 9.17) is 0 Å². The lowest BCUT2D eigenvalue weighted by molar-refractivity contribution is 0.618. The van der Waals surface area contributed by atoms with Crippen LogP contribution < -0.4 is 0 Å². The second kappa shape index (κ2) is 4.23. The van der Waals surface area contributed by atoms with Crippen LogP contribution in [0.3, 0.4) is 0 Å². The van der Waals surface area contributed by atoms with Crippen molar-refractivity contribution in [2.45, 2.75) is 0 Å². The van der Waals surface area contributed by atoms with Gasteiger partial charge in [-0.2, -0.15) is 0 Å². The highest BCUT2D eigenvalue weighted by Crippen LogP contribution is 2.04. The predicted molar refractivity (Wildman–Crippen MR) is 47.0 cm³/mol. The maximum atomic E-state index is 12.8. The van der Waals surface area contributed by atoms with Gasteiger partial charge in [0.25, 0.3) is 0 Å². The van der Waals surface area contributed by atoms with Crippen LogP contribution in [0, 0.1) is 5.82 Å². The summed E-state index contributed by atoms with van der Waals surface area (Å²) in [5.74, 6) is -0.287. The SMILES string of the molecule is Fc1cccnc1C=CCBr. The summed E-state index contributed by atoms with van der Waals surface area (Å²) in [4.78, 5) is 3.83. The number of pyridine rings is 1. The van der Waals surface area contributed by atoms with Crippen LogP contribution in [0.4, 0.5) is 4.39 Å². The molecule has 0 radical (unpaired) electrons. The second-order valence-corrected chi connectivity index (χ2v) is 2.57. The number of allylic oxidation sites excluding steroid dienone is 1. The van der Waals surface area contributed by atoms with Crippen LogP contribution in [0.1, 0.15) is 5.69 Å². The largest absolute Gasteiger partial charge is 0.254 e. The summed E-state index contributed by atoms with van der Waals surface area (Å²) in [6, 6.07) is 2.96. The Hall–Kier alpha value is -0.700. The number of hydrogen-bond donors (Lipinski definition) is 0. The summed E-state index contributed by atoms with van der Waals surface area (Å²) in [6.45, 7) is 0. The maximum absolute atomic E-state index is 12.8. The first-order chi connectivity index (χ1) is 5.34. The Labute approximate surface area is 73.1 Å². The summed E-state index contributed by atoms with van der Waals surface area (Å²) in [6.07, 6.45) is 5.01. The molecule has 0 amide bonds. The zero-order valence-corrected chi connectivity index (χ0v) is 7.38. The molecule has 0 aromatic carbocycles. The zero-order valence-electron chi connectivity index (χ0n) is 5.80. The van der Waals surface area contributed by atoms with Gasteiger partial charge in [-0.15, -0.1) is 0 Å². The highest BCUT2D eigenvalue weighted by atomic mass is 79.9. The molecule has 0 unspecified atom stereocenters. The van der Waals surface area contributed by atoms with Gasteiger partial charge in [-0.1, -0.05) is 22.0 Å². The zero-order chi connectivity index (χ0) is 8.10. The first kappa shape index (κ1) is 8.40. The third-order valence-electron chi connectivity index (χ3n) is 1.15. The standard InChI is InChI=1S/C8H7BrFN/c9-5-1-4-8-7(10)3-2-6-11-8/h1-4,6H,5H2. The average molecular weight is 216 g/mol. The third-order valence-corrected chi connectivity index (χ3v) is 1.53. The molecule has 0 aliphatic heterocycles. The monoisotopic (exact) mass is 215 g/mol. The lowest BCUT2D eigenvalue weighted by atomic mass is 10.3. The van der Waals surface area contributed by atoms with E-state index in [1.54, 1.807) is 24.4 Å². The van der Waals surface area contributed by atoms with Gasteiger partial charge in [0, 0.05) is 11.5 Å². The van der Waals surface area contributed by atoms with Crippen molar-refractivity contribution in [2.75, 3.05) is 5.33 Å². The normalized spacial score (nSPS) is 10.7. The van der Waals surface area contributed by atoms with Crippen LogP contribution in [0.25, 0.3) is 6.08 Å². The minimum Gasteiger partial charge on any atom is -0.254 e. The first-order valence-electron chi connectivity index (χ1n) is 3.17. The number of nitrogens with zero attached hydrogens (tertiary/aromatic N) is 1. The van der Waals surface area contributed by atoms with Gasteiger partial charge >= 0.3 is 0 Å². The quantitative estimate of drug-likeness (QED) is 0.692. The first-order valence-corrected chi connectivity index (χ1v) is 4.30. The number of rotatable bonds is 2. The summed E-state index contributed by atoms with van der Waals surface area (Å²) in [7, 11) is 0. The Kier molecular flexibility index (Phi) is 3.23. The molecule has 0 fully saturated rings. The van der Waals surface area contributed by atoms with Crippen molar-refractivity contribution in [2.24, 2.45) is 0 Å². The van der Waals surface area contributed by atoms with Crippen molar-refractivity contribution in [3.63, 3.8) is 0 Å². The van der Waals surface area contributed by atoms with Gasteiger partial charge < -0.3 is 0 Å². The number of hydrogen-bond acceptors (Lipinski definition) is 1. The minimum atomic E-state index is -0.287. The Bertz CT molecular complexity index is 260. The molecule has 58 valence electrons. The van der Waals surface area contributed by atoms with Gasteiger partial charge in [-0.3, -0.25) is 4.98 Å². The van der Waals surface area contributed by atoms with Crippen molar-refractivity contribution in [1.82, 2.24) is 4.98 Å². The van der Waals surface area contributed by atoms with Crippen LogP contribution in [0.15, 0.2) is 24.4 Å². The molecule has 1 rings (SSSR count). The third kappa shape index (κ3) is 2.42. The van der Waals surface area contributed by atoms with E-state index < -0.39 is 0 Å². The fourth-order valence-electron chi connectivity index (χ4n) is 0.677. The van der Waals surface area contributed by atoms with E-state index in [2.05, 4.69) is 20.9 Å². The van der Waals surface area contributed by atoms with Gasteiger partial charge in [0.1, 0.15) is 5.82 Å². The summed E-state index contributed by atoms with van der Waals surface area (Å²) in [5.41, 5.74) is 0.381. The van der Waals surface area contributed by atoms with Gasteiger partial charge in [0.2, 0.25) is 0 Å². The number of halogens is 2. The van der Waals surface area contributed by atoms with Crippen LogP contribution in [-0.2, 0) is 0 Å². The lowest BCUT2D eigenvalue weighted by Crippen LogP contribution is -1.84. The molecule has 0 atom stereocenters. The van der Waals surface area contributed by atoms with Crippen LogP contribution in [0.5, 0.6) is 0 Å². The van der Waals surface area contributed by atoms with E-state index in [0.717, 1.165) is 0 Å². The van der Waals surface area contributed by atoms with Crippen molar-refractivity contribution in [1.29, 1.82) is 0 Å². The maximum Gasteiger partial charge on any atom is 0.148 e. The molecule has 0 saturated heterocycles. The summed E-state index contributed by atoms with van der Waals surface area (Å²) in [5, 5.41) is 0.711. The fraction of sp³-hybridized carbons (Fsp3) is 0.125. The molecule has 0 aliphatic rings. The molecule has 1 nitrogen and oxygen atoms in total. The molecular formula is C8H7BrFN. The van der Waals surface area contributed by atoms with Crippen LogP contribution in [0.2, 0.25) is 0 Å². The fourth-order valence-corrected chi connectivity index (χ4v) is 0.864. The molecule has 0 saturated carbocycles. The van der Waals surface area contributed by atoms with Crippen molar-refractivity contribution in [3.05, 3.63) is 35.9 Å². The smallest absolute Gasteiger partial charge is 0.148 e. The Balaban J connectivity index is 2.86. The Morgan fingerprint density at radius 3 is 3.09 bits per heavy atom. The van der Waals surface area contributed by atoms with Gasteiger partial charge in [-0.25, -0.2) is 4.39 Å². The Morgan fingerprint density at radius 1 is 1.64 bits per heavy atom. The van der Waals surface area contributed by atoms with E-state index in [0.29, 0.717) is 11.0 Å². The molecule has 0 spiro atoms. The summed E-state index contributed by atoms with van der Waals surface area (Å²) < 4.78 is 12.8. The van der Waals surface area contributed by atoms with E-state index in [1.165, 1.54) is 6.07 Å². The average Bonchev–Trinajstić information content (AvgIpc) is 2.03. The van der Waals surface area contributed by atoms with Crippen molar-refractivity contribution in [3.8, 4) is 0 Å². The van der Waals surface area contributed by atoms with Gasteiger partial charge in [0.05, 0.1) is 5.69 Å². The van der Waals surface area contributed by atoms with E-state index in [1.807, 2.05) is 0 Å². The highest BCUT2D eigenvalue weighted by molar-refractivity contribution is 9.09. The molecule has 1 aromatic rings. The van der Waals surface area contributed by atoms with Gasteiger partial charge in [-0.05, 0) is 18.2 Å².